The highest BCUT2D eigenvalue weighted by Gasteiger charge is 2.16. The molecule has 0 aliphatic carbocycles. The molecule has 28 heavy (non-hydrogen) atoms. The molecular weight excluding hydrogens is 398 g/mol. The van der Waals surface area contributed by atoms with E-state index in [4.69, 9.17) is 16.7 Å². The Morgan fingerprint density at radius 1 is 1.07 bits per heavy atom. The number of carbonyl (C=O) groups is 1. The molecule has 1 unspecified atom stereocenters. The minimum Gasteiger partial charge on any atom is -0.355 e. The van der Waals surface area contributed by atoms with Crippen LogP contribution < -0.4 is 15.8 Å². The topological polar surface area (TPSA) is 101 Å². The third kappa shape index (κ3) is 6.91. The molecule has 0 aliphatic rings. The van der Waals surface area contributed by atoms with Gasteiger partial charge in [0.15, 0.2) is 0 Å². The molecule has 8 heteroatoms. The Morgan fingerprint density at radius 3 is 2.21 bits per heavy atom. The van der Waals surface area contributed by atoms with Crippen LogP contribution in [-0.2, 0) is 21.2 Å². The van der Waals surface area contributed by atoms with Crippen molar-refractivity contribution in [3.63, 3.8) is 0 Å². The van der Waals surface area contributed by atoms with Crippen molar-refractivity contribution >= 4 is 27.5 Å². The highest BCUT2D eigenvalue weighted by molar-refractivity contribution is 7.89. The summed E-state index contributed by atoms with van der Waals surface area (Å²) in [5.41, 5.74) is 2.00. The molecule has 0 fully saturated rings. The lowest BCUT2D eigenvalue weighted by Gasteiger charge is -2.23. The fraction of sp³-hybridized carbons (Fsp3) is 0.350. The highest BCUT2D eigenvalue weighted by atomic mass is 35.5. The van der Waals surface area contributed by atoms with E-state index in [1.54, 1.807) is 12.1 Å². The van der Waals surface area contributed by atoms with E-state index in [0.717, 1.165) is 11.1 Å². The molecule has 2 aromatic carbocycles. The summed E-state index contributed by atoms with van der Waals surface area (Å²) in [4.78, 5) is 12.2. The number of nitrogens with one attached hydrogen (secondary N) is 2. The van der Waals surface area contributed by atoms with Crippen molar-refractivity contribution in [2.45, 2.75) is 31.2 Å². The first kappa shape index (κ1) is 22.4. The quantitative estimate of drug-likeness (QED) is 0.577. The van der Waals surface area contributed by atoms with Gasteiger partial charge in [-0.1, -0.05) is 49.7 Å². The van der Waals surface area contributed by atoms with E-state index in [-0.39, 0.29) is 23.4 Å². The maximum Gasteiger partial charge on any atom is 0.238 e. The Kier molecular flexibility index (Phi) is 8.00. The third-order valence-electron chi connectivity index (χ3n) is 4.37. The Bertz CT molecular complexity index is 882. The molecule has 0 aromatic heterocycles. The van der Waals surface area contributed by atoms with Crippen LogP contribution in [-0.4, -0.2) is 27.4 Å². The summed E-state index contributed by atoms with van der Waals surface area (Å²) in [6, 6.07) is 14.0. The van der Waals surface area contributed by atoms with Gasteiger partial charge >= 0.3 is 0 Å². The van der Waals surface area contributed by atoms with E-state index in [1.165, 1.54) is 12.1 Å². The highest BCUT2D eigenvalue weighted by Crippen LogP contribution is 2.22. The monoisotopic (exact) mass is 423 g/mol. The van der Waals surface area contributed by atoms with Crippen LogP contribution in [0.2, 0.25) is 5.02 Å². The number of sulfonamides is 1. The first-order chi connectivity index (χ1) is 13.2. The first-order valence-corrected chi connectivity index (χ1v) is 11.0. The van der Waals surface area contributed by atoms with E-state index in [1.807, 2.05) is 24.3 Å². The zero-order valence-corrected chi connectivity index (χ0v) is 17.6. The van der Waals surface area contributed by atoms with Crippen molar-refractivity contribution in [3.8, 4) is 0 Å². The number of rotatable bonds is 9. The molecule has 0 spiro atoms. The number of amides is 1. The molecule has 2 rings (SSSR count). The Morgan fingerprint density at radius 2 is 1.68 bits per heavy atom. The van der Waals surface area contributed by atoms with Gasteiger partial charge in [0.1, 0.15) is 0 Å². The van der Waals surface area contributed by atoms with Crippen LogP contribution >= 0.6 is 11.6 Å². The van der Waals surface area contributed by atoms with Crippen molar-refractivity contribution in [3.05, 3.63) is 64.7 Å². The Labute approximate surface area is 171 Å². The van der Waals surface area contributed by atoms with Gasteiger partial charge in [-0.05, 0) is 47.7 Å². The second kappa shape index (κ2) is 10.0. The second-order valence-corrected chi connectivity index (χ2v) is 8.94. The van der Waals surface area contributed by atoms with Crippen LogP contribution in [0.3, 0.4) is 0 Å². The van der Waals surface area contributed by atoms with Gasteiger partial charge in [0, 0.05) is 17.6 Å². The molecule has 2 aromatic rings. The van der Waals surface area contributed by atoms with Gasteiger partial charge in [0.2, 0.25) is 15.9 Å². The predicted octanol–water partition coefficient (Wildman–Crippen LogP) is 2.63. The number of halogens is 1. The third-order valence-corrected chi connectivity index (χ3v) is 5.55. The van der Waals surface area contributed by atoms with Gasteiger partial charge in [0.05, 0.1) is 11.4 Å². The second-order valence-electron chi connectivity index (χ2n) is 6.94. The lowest BCUT2D eigenvalue weighted by atomic mass is 9.96. The standard InChI is InChI=1S/C20H26ClN3O3S/c1-14(2)20(16-5-7-17(21)8-6-16)24-13-19(25)23-12-11-15-3-9-18(10-4-15)28(22,26)27/h3-10,14,20,24H,11-13H2,1-2H3,(H,23,25)(H2,22,26,27). The van der Waals surface area contributed by atoms with Crippen LogP contribution in [0.25, 0.3) is 0 Å². The lowest BCUT2D eigenvalue weighted by molar-refractivity contribution is -0.120. The van der Waals surface area contributed by atoms with E-state index in [9.17, 15) is 13.2 Å². The lowest BCUT2D eigenvalue weighted by Crippen LogP contribution is -2.38. The van der Waals surface area contributed by atoms with Crippen molar-refractivity contribution in [1.29, 1.82) is 0 Å². The molecule has 4 N–H and O–H groups in total. The molecule has 0 bridgehead atoms. The van der Waals surface area contributed by atoms with Crippen LogP contribution in [0, 0.1) is 5.92 Å². The minimum absolute atomic E-state index is 0.0498. The number of carbonyl (C=O) groups excluding carboxylic acids is 1. The molecular formula is C20H26ClN3O3S. The number of benzene rings is 2. The van der Waals surface area contributed by atoms with E-state index in [0.29, 0.717) is 23.9 Å². The average molecular weight is 424 g/mol. The van der Waals surface area contributed by atoms with Gasteiger partial charge < -0.3 is 10.6 Å². The van der Waals surface area contributed by atoms with Gasteiger partial charge in [-0.25, -0.2) is 13.6 Å². The SMILES string of the molecule is CC(C)C(NCC(=O)NCCc1ccc(S(N)(=O)=O)cc1)c1ccc(Cl)cc1. The maximum absolute atomic E-state index is 12.1. The molecule has 1 amide bonds. The van der Waals surface area contributed by atoms with Gasteiger partial charge in [-0.2, -0.15) is 0 Å². The Hall–Kier alpha value is -1.93. The zero-order valence-electron chi connectivity index (χ0n) is 16.0. The van der Waals surface area contributed by atoms with E-state index < -0.39 is 10.0 Å². The summed E-state index contributed by atoms with van der Waals surface area (Å²) in [7, 11) is -3.69. The fourth-order valence-electron chi connectivity index (χ4n) is 2.87. The number of hydrogen-bond donors (Lipinski definition) is 3. The normalized spacial score (nSPS) is 12.8. The fourth-order valence-corrected chi connectivity index (χ4v) is 3.51. The predicted molar refractivity (Wildman–Crippen MR) is 112 cm³/mol. The summed E-state index contributed by atoms with van der Waals surface area (Å²) in [5.74, 6) is 0.215. The summed E-state index contributed by atoms with van der Waals surface area (Å²) in [6.45, 7) is 4.85. The number of nitrogens with two attached hydrogens (primary N) is 1. The summed E-state index contributed by atoms with van der Waals surface area (Å²) in [5, 5.41) is 11.9. The zero-order chi connectivity index (χ0) is 20.7. The smallest absolute Gasteiger partial charge is 0.238 e. The summed E-state index contributed by atoms with van der Waals surface area (Å²) < 4.78 is 22.5. The minimum atomic E-state index is -3.69. The molecule has 0 aliphatic heterocycles. The summed E-state index contributed by atoms with van der Waals surface area (Å²) >= 11 is 5.94. The molecule has 0 saturated carbocycles. The van der Waals surface area contributed by atoms with Crippen molar-refractivity contribution in [2.24, 2.45) is 11.1 Å². The van der Waals surface area contributed by atoms with Gasteiger partial charge in [-0.15, -0.1) is 0 Å². The van der Waals surface area contributed by atoms with Crippen molar-refractivity contribution < 1.29 is 13.2 Å². The van der Waals surface area contributed by atoms with E-state index >= 15 is 0 Å². The largest absolute Gasteiger partial charge is 0.355 e. The van der Waals surface area contributed by atoms with E-state index in [2.05, 4.69) is 24.5 Å². The maximum atomic E-state index is 12.1. The first-order valence-electron chi connectivity index (χ1n) is 9.04. The van der Waals surface area contributed by atoms with Crippen LogP contribution in [0.4, 0.5) is 0 Å². The Balaban J connectivity index is 1.80. The van der Waals surface area contributed by atoms with Crippen LogP contribution in [0.5, 0.6) is 0 Å². The molecule has 0 radical (unpaired) electrons. The average Bonchev–Trinajstić information content (AvgIpc) is 2.63. The number of hydrogen-bond acceptors (Lipinski definition) is 4. The molecule has 6 nitrogen and oxygen atoms in total. The van der Waals surface area contributed by atoms with Crippen molar-refractivity contribution in [2.75, 3.05) is 13.1 Å². The van der Waals surface area contributed by atoms with Gasteiger partial charge in [0.25, 0.3) is 0 Å². The van der Waals surface area contributed by atoms with Crippen LogP contribution in [0.15, 0.2) is 53.4 Å². The summed E-state index contributed by atoms with van der Waals surface area (Å²) in [6.07, 6.45) is 0.599. The molecule has 152 valence electrons. The van der Waals surface area contributed by atoms with Gasteiger partial charge in [-0.3, -0.25) is 4.79 Å². The molecule has 0 saturated heterocycles. The van der Waals surface area contributed by atoms with Crippen LogP contribution in [0.1, 0.15) is 31.0 Å². The van der Waals surface area contributed by atoms with Crippen molar-refractivity contribution in [1.82, 2.24) is 10.6 Å². The molecule has 0 heterocycles. The number of primary sulfonamides is 1. The molecule has 1 atom stereocenters.